The number of hydrogen-bond acceptors (Lipinski definition) is 6. The molecule has 0 fully saturated rings. The van der Waals surface area contributed by atoms with Gasteiger partial charge in [-0.3, -0.25) is 0 Å². The minimum Gasteiger partial charge on any atom is -0.363 e. The van der Waals surface area contributed by atoms with Gasteiger partial charge < -0.3 is 10.6 Å². The van der Waals surface area contributed by atoms with Gasteiger partial charge in [0.15, 0.2) is 0 Å². The highest BCUT2D eigenvalue weighted by atomic mass is 32.2. The number of nitrogens with zero attached hydrogens (tertiary/aromatic N) is 2. The van der Waals surface area contributed by atoms with Crippen LogP contribution in [0.15, 0.2) is 107 Å². The molecule has 1 heterocycles. The molecule has 0 saturated heterocycles. The predicted octanol–water partition coefficient (Wildman–Crippen LogP) is 7.89. The lowest BCUT2D eigenvalue weighted by atomic mass is 10.1. The summed E-state index contributed by atoms with van der Waals surface area (Å²) in [4.78, 5) is 15.6. The first-order chi connectivity index (χ1) is 18.8. The summed E-state index contributed by atoms with van der Waals surface area (Å²) in [7, 11) is 0. The molecule has 1 unspecified atom stereocenters. The van der Waals surface area contributed by atoms with E-state index in [9.17, 15) is 4.53 Å². The normalized spacial score (nSPS) is 14.4. The van der Waals surface area contributed by atoms with E-state index in [0.29, 0.717) is 12.5 Å². The van der Waals surface area contributed by atoms with Gasteiger partial charge in [0.2, 0.25) is 5.95 Å². The molecule has 2 N–H and O–H groups in total. The molecule has 190 valence electrons. The Balaban J connectivity index is 1.25. The number of aromatic nitrogens is 2. The van der Waals surface area contributed by atoms with Crippen molar-refractivity contribution in [1.29, 1.82) is 0 Å². The zero-order chi connectivity index (χ0) is 25.7. The molecule has 0 amide bonds. The third kappa shape index (κ3) is 5.21. The Morgan fingerprint density at radius 3 is 2.39 bits per heavy atom. The topological polar surface area (TPSA) is 59.1 Å². The Morgan fingerprint density at radius 2 is 1.53 bits per heavy atom. The maximum absolute atomic E-state index is 12.6. The predicted molar refractivity (Wildman–Crippen MR) is 151 cm³/mol. The number of fused-ring (bicyclic) bond motifs is 2. The first-order valence-electron chi connectivity index (χ1n) is 12.7. The van der Waals surface area contributed by atoms with Crippen LogP contribution in [-0.4, -0.2) is 9.97 Å². The molecule has 0 saturated carbocycles. The van der Waals surface area contributed by atoms with Gasteiger partial charge in [-0.15, -0.1) is 0 Å². The highest BCUT2D eigenvalue weighted by Gasteiger charge is 2.23. The van der Waals surface area contributed by atoms with Gasteiger partial charge in [0.05, 0.1) is 11.6 Å². The first kappa shape index (κ1) is 24.4. The Kier molecular flexibility index (Phi) is 7.20. The average molecular weight is 523 g/mol. The number of rotatable bonds is 9. The van der Waals surface area contributed by atoms with Crippen molar-refractivity contribution in [2.45, 2.75) is 41.8 Å². The van der Waals surface area contributed by atoms with Crippen LogP contribution in [0.5, 0.6) is 0 Å². The Hall–Kier alpha value is -3.94. The molecule has 5 nitrogen and oxygen atoms in total. The lowest BCUT2D eigenvalue weighted by molar-refractivity contribution is -0.144. The number of nitrogens with one attached hydrogen (secondary N) is 2. The van der Waals surface area contributed by atoms with E-state index >= 15 is 0 Å². The zero-order valence-electron chi connectivity index (χ0n) is 20.7. The molecule has 1 aliphatic carbocycles. The number of hydrogen-bond donors (Lipinski definition) is 2. The molecule has 1 atom stereocenters. The van der Waals surface area contributed by atoms with Gasteiger partial charge >= 0.3 is 0 Å². The lowest BCUT2D eigenvalue weighted by Gasteiger charge is -2.18. The van der Waals surface area contributed by atoms with Crippen LogP contribution in [0.3, 0.4) is 0 Å². The minimum absolute atomic E-state index is 0.0736. The van der Waals surface area contributed by atoms with Gasteiger partial charge in [0, 0.05) is 21.7 Å². The second kappa shape index (κ2) is 11.2. The van der Waals surface area contributed by atoms with Crippen LogP contribution in [0.4, 0.5) is 16.3 Å². The van der Waals surface area contributed by atoms with E-state index in [4.69, 9.17) is 9.97 Å². The number of aryl methyl sites for hydroxylation is 1. The molecule has 0 aliphatic heterocycles. The van der Waals surface area contributed by atoms with Crippen molar-refractivity contribution >= 4 is 34.4 Å². The monoisotopic (exact) mass is 522 g/mol. The van der Waals surface area contributed by atoms with Gasteiger partial charge in [0.25, 0.3) is 0 Å². The highest BCUT2D eigenvalue weighted by Crippen LogP contribution is 2.36. The van der Waals surface area contributed by atoms with E-state index in [1.165, 1.54) is 11.1 Å². The van der Waals surface area contributed by atoms with Gasteiger partial charge in [-0.05, 0) is 63.9 Å². The molecule has 0 bridgehead atoms. The molecular formula is C31H27FN4OS. The van der Waals surface area contributed by atoms with E-state index in [2.05, 4.69) is 58.0 Å². The summed E-state index contributed by atoms with van der Waals surface area (Å²) >= 11 is 1.60. The van der Waals surface area contributed by atoms with Crippen molar-refractivity contribution in [3.8, 4) is 0 Å². The van der Waals surface area contributed by atoms with E-state index in [1.807, 2.05) is 54.6 Å². The quantitative estimate of drug-likeness (QED) is 0.205. The van der Waals surface area contributed by atoms with Crippen molar-refractivity contribution in [3.05, 3.63) is 119 Å². The Bertz CT molecular complexity index is 1580. The summed E-state index contributed by atoms with van der Waals surface area (Å²) in [5, 5.41) is 8.15. The van der Waals surface area contributed by atoms with E-state index in [1.54, 1.807) is 11.8 Å². The van der Waals surface area contributed by atoms with Crippen LogP contribution in [0.2, 0.25) is 0 Å². The van der Waals surface area contributed by atoms with Crippen molar-refractivity contribution < 1.29 is 9.47 Å². The third-order valence-corrected chi connectivity index (χ3v) is 8.10. The van der Waals surface area contributed by atoms with Crippen LogP contribution < -0.4 is 10.6 Å². The van der Waals surface area contributed by atoms with Gasteiger partial charge in [-0.25, -0.2) is 4.98 Å². The first-order valence-corrected chi connectivity index (χ1v) is 13.5. The van der Waals surface area contributed by atoms with Crippen molar-refractivity contribution in [3.63, 3.8) is 0 Å². The zero-order valence-corrected chi connectivity index (χ0v) is 21.5. The van der Waals surface area contributed by atoms with E-state index in [0.717, 1.165) is 50.5 Å². The minimum atomic E-state index is -0.0736. The van der Waals surface area contributed by atoms with Crippen LogP contribution >= 0.6 is 11.8 Å². The Morgan fingerprint density at radius 1 is 0.816 bits per heavy atom. The fourth-order valence-electron chi connectivity index (χ4n) is 4.96. The van der Waals surface area contributed by atoms with Crippen LogP contribution in [0.25, 0.3) is 10.9 Å². The van der Waals surface area contributed by atoms with Crippen LogP contribution in [-0.2, 0) is 24.5 Å². The SMILES string of the molecule is FOCc1ccccc1Sc1ccccc1CNc1nc(NC2CCc3ccccc32)c2ccccc2n1. The Labute approximate surface area is 225 Å². The largest absolute Gasteiger partial charge is 0.363 e. The van der Waals surface area contributed by atoms with Crippen LogP contribution in [0, 0.1) is 0 Å². The highest BCUT2D eigenvalue weighted by molar-refractivity contribution is 7.99. The number of anilines is 2. The number of para-hydroxylation sites is 1. The maximum Gasteiger partial charge on any atom is 0.225 e. The molecule has 0 spiro atoms. The maximum atomic E-state index is 12.6. The molecule has 5 aromatic rings. The fraction of sp³-hybridized carbons (Fsp3) is 0.161. The molecule has 1 aliphatic rings. The second-order valence-electron chi connectivity index (χ2n) is 9.27. The van der Waals surface area contributed by atoms with E-state index < -0.39 is 0 Å². The molecule has 4 aromatic carbocycles. The molecule has 38 heavy (non-hydrogen) atoms. The summed E-state index contributed by atoms with van der Waals surface area (Å²) in [5.74, 6) is 1.41. The van der Waals surface area contributed by atoms with Crippen molar-refractivity contribution in [2.75, 3.05) is 10.6 Å². The number of benzene rings is 4. The summed E-state index contributed by atoms with van der Waals surface area (Å²) in [6.07, 6.45) is 2.11. The van der Waals surface area contributed by atoms with Crippen molar-refractivity contribution in [2.24, 2.45) is 0 Å². The van der Waals surface area contributed by atoms with Crippen LogP contribution in [0.1, 0.15) is 34.7 Å². The standard InChI is InChI=1S/C31H27FN4OS/c32-37-20-23-11-3-8-16-29(23)38-28-15-7-2-10-22(28)19-33-31-35-26-14-6-5-13-25(26)30(36-31)34-27-18-17-21-9-1-4-12-24(21)27/h1-16,27H,17-20H2,(H2,33,34,35,36). The molecular weight excluding hydrogens is 495 g/mol. The second-order valence-corrected chi connectivity index (χ2v) is 10.4. The van der Waals surface area contributed by atoms with Gasteiger partial charge in [0.1, 0.15) is 12.4 Å². The summed E-state index contributed by atoms with van der Waals surface area (Å²) in [5.41, 5.74) is 5.54. The summed E-state index contributed by atoms with van der Waals surface area (Å²) in [6, 6.07) is 32.8. The van der Waals surface area contributed by atoms with E-state index in [-0.39, 0.29) is 12.6 Å². The smallest absolute Gasteiger partial charge is 0.225 e. The molecule has 0 radical (unpaired) electrons. The molecule has 1 aromatic heterocycles. The van der Waals surface area contributed by atoms with Gasteiger partial charge in [-0.1, -0.05) is 84.6 Å². The van der Waals surface area contributed by atoms with Gasteiger partial charge in [-0.2, -0.15) is 9.93 Å². The van der Waals surface area contributed by atoms with Crippen molar-refractivity contribution in [1.82, 2.24) is 9.97 Å². The summed E-state index contributed by atoms with van der Waals surface area (Å²) < 4.78 is 12.6. The molecule has 7 heteroatoms. The fourth-order valence-corrected chi connectivity index (χ4v) is 6.02. The summed E-state index contributed by atoms with van der Waals surface area (Å²) in [6.45, 7) is 0.477. The average Bonchev–Trinajstić information content (AvgIpc) is 3.36. The lowest BCUT2D eigenvalue weighted by Crippen LogP contribution is -2.11. The third-order valence-electron chi connectivity index (χ3n) is 6.86. The molecule has 6 rings (SSSR count). The number of halogens is 1.